The van der Waals surface area contributed by atoms with Crippen LogP contribution in [-0.4, -0.2) is 8.11 Å². The van der Waals surface area contributed by atoms with Crippen LogP contribution in [0.4, 0.5) is 0 Å². The van der Waals surface area contributed by atoms with E-state index in [9.17, 15) is 0 Å². The largest absolute Gasteiger partial charge is 0.226 e. The topological polar surface area (TPSA) is 0 Å². The summed E-state index contributed by atoms with van der Waals surface area (Å²) >= 11 is 6.26. The van der Waals surface area contributed by atoms with Crippen LogP contribution in [0.15, 0.2) is 36.5 Å². The fourth-order valence-electron chi connectivity index (χ4n) is 1.45. The zero-order chi connectivity index (χ0) is 10.4. The zero-order valence-corrected chi connectivity index (χ0v) is 10.3. The normalized spacial score (nSPS) is 10.5. The molecule has 0 aliphatic carbocycles. The lowest BCUT2D eigenvalue weighted by Crippen LogP contribution is -2.25. The highest BCUT2D eigenvalue weighted by atomic mass is 35.6. The van der Waals surface area contributed by atoms with Crippen molar-refractivity contribution >= 4 is 24.4 Å². The third-order valence-electron chi connectivity index (χ3n) is 2.25. The minimum Gasteiger partial charge on any atom is -0.157 e. The number of rotatable bonds is 5. The number of halogens is 1. The highest BCUT2D eigenvalue weighted by molar-refractivity contribution is 7.17. The van der Waals surface area contributed by atoms with Gasteiger partial charge in [0.15, 0.2) is 0 Å². The Morgan fingerprint density at radius 3 is 2.79 bits per heavy atom. The molecule has 0 atom stereocenters. The van der Waals surface area contributed by atoms with Crippen LogP contribution in [-0.2, 0) is 6.42 Å². The van der Waals surface area contributed by atoms with Crippen LogP contribution in [0.1, 0.15) is 25.3 Å². The molecule has 0 saturated heterocycles. The van der Waals surface area contributed by atoms with Gasteiger partial charge in [-0.05, 0) is 23.6 Å². The van der Waals surface area contributed by atoms with Gasteiger partial charge in [-0.1, -0.05) is 43.3 Å². The summed E-state index contributed by atoms with van der Waals surface area (Å²) in [7, 11) is -1.03. The first kappa shape index (κ1) is 11.5. The third-order valence-corrected chi connectivity index (χ3v) is 4.69. The SMILES string of the molecule is C=C[Si](Cl)c1ccccc1CCCC. The molecule has 14 heavy (non-hydrogen) atoms. The molecule has 0 spiro atoms. The number of benzene rings is 1. The van der Waals surface area contributed by atoms with Gasteiger partial charge in [-0.3, -0.25) is 0 Å². The highest BCUT2D eigenvalue weighted by Crippen LogP contribution is 2.06. The van der Waals surface area contributed by atoms with Gasteiger partial charge >= 0.3 is 0 Å². The predicted molar refractivity (Wildman–Crippen MR) is 66.5 cm³/mol. The zero-order valence-electron chi connectivity index (χ0n) is 8.59. The molecule has 1 aromatic carbocycles. The van der Waals surface area contributed by atoms with Gasteiger partial charge in [0.05, 0.1) is 0 Å². The molecule has 75 valence electrons. The molecule has 0 unspecified atom stereocenters. The van der Waals surface area contributed by atoms with Crippen molar-refractivity contribution in [3.8, 4) is 0 Å². The van der Waals surface area contributed by atoms with E-state index >= 15 is 0 Å². The first-order chi connectivity index (χ1) is 6.79. The Morgan fingerprint density at radius 1 is 1.43 bits per heavy atom. The van der Waals surface area contributed by atoms with E-state index < -0.39 is 8.11 Å². The van der Waals surface area contributed by atoms with Crippen LogP contribution in [0, 0.1) is 0 Å². The Morgan fingerprint density at radius 2 is 2.14 bits per heavy atom. The summed E-state index contributed by atoms with van der Waals surface area (Å²) in [5, 5.41) is 1.31. The van der Waals surface area contributed by atoms with Crippen LogP contribution in [0.25, 0.3) is 0 Å². The van der Waals surface area contributed by atoms with E-state index in [0.29, 0.717) is 0 Å². The standard InChI is InChI=1S/C12H16ClSi/c1-3-5-8-11-9-6-7-10-12(11)14(13)4-2/h4,6-7,9-10H,2-3,5,8H2,1H3. The molecule has 0 bridgehead atoms. The first-order valence-electron chi connectivity index (χ1n) is 5.02. The van der Waals surface area contributed by atoms with E-state index in [0.717, 1.165) is 6.42 Å². The van der Waals surface area contributed by atoms with Crippen LogP contribution >= 0.6 is 11.1 Å². The van der Waals surface area contributed by atoms with Gasteiger partial charge in [-0.25, -0.2) is 0 Å². The van der Waals surface area contributed by atoms with Crippen molar-refractivity contribution in [1.29, 1.82) is 0 Å². The van der Waals surface area contributed by atoms with Crippen molar-refractivity contribution in [2.24, 2.45) is 0 Å². The average Bonchev–Trinajstić information content (AvgIpc) is 2.25. The van der Waals surface area contributed by atoms with Crippen LogP contribution in [0.3, 0.4) is 0 Å². The van der Waals surface area contributed by atoms with Gasteiger partial charge in [0.2, 0.25) is 8.11 Å². The maximum atomic E-state index is 6.26. The molecule has 1 radical (unpaired) electrons. The number of hydrogen-bond acceptors (Lipinski definition) is 0. The lowest BCUT2D eigenvalue weighted by Gasteiger charge is -2.09. The first-order valence-corrected chi connectivity index (χ1v) is 7.61. The van der Waals surface area contributed by atoms with Gasteiger partial charge in [-0.15, -0.1) is 6.58 Å². The summed E-state index contributed by atoms with van der Waals surface area (Å²) in [6, 6.07) is 8.46. The Kier molecular flexibility index (Phi) is 4.98. The second-order valence-electron chi connectivity index (χ2n) is 3.31. The Bertz CT molecular complexity index is 296. The van der Waals surface area contributed by atoms with Gasteiger partial charge in [0, 0.05) is 0 Å². The lowest BCUT2D eigenvalue weighted by molar-refractivity contribution is 0.798. The number of aryl methyl sites for hydroxylation is 1. The third kappa shape index (κ3) is 3.00. The van der Waals surface area contributed by atoms with Crippen molar-refractivity contribution in [3.63, 3.8) is 0 Å². The van der Waals surface area contributed by atoms with Crippen molar-refractivity contribution in [1.82, 2.24) is 0 Å². The Labute approximate surface area is 92.9 Å². The van der Waals surface area contributed by atoms with E-state index in [-0.39, 0.29) is 0 Å². The molecule has 0 aromatic heterocycles. The molecular formula is C12H16ClSi. The highest BCUT2D eigenvalue weighted by Gasteiger charge is 2.10. The van der Waals surface area contributed by atoms with Crippen molar-refractivity contribution in [2.45, 2.75) is 26.2 Å². The second kappa shape index (κ2) is 6.05. The van der Waals surface area contributed by atoms with Crippen molar-refractivity contribution in [2.75, 3.05) is 0 Å². The molecular weight excluding hydrogens is 208 g/mol. The minimum atomic E-state index is -1.03. The van der Waals surface area contributed by atoms with E-state index in [4.69, 9.17) is 11.1 Å². The molecule has 0 amide bonds. The molecule has 1 aromatic rings. The monoisotopic (exact) mass is 223 g/mol. The molecule has 0 fully saturated rings. The van der Waals surface area contributed by atoms with Gasteiger partial charge < -0.3 is 0 Å². The lowest BCUT2D eigenvalue weighted by atomic mass is 10.1. The van der Waals surface area contributed by atoms with Gasteiger partial charge in [0.25, 0.3) is 0 Å². The van der Waals surface area contributed by atoms with E-state index in [1.807, 2.05) is 5.70 Å². The Hall–Kier alpha value is -0.533. The fraction of sp³-hybridized carbons (Fsp3) is 0.333. The van der Waals surface area contributed by atoms with E-state index in [1.165, 1.54) is 23.6 Å². The number of hydrogen-bond donors (Lipinski definition) is 0. The minimum absolute atomic E-state index is 1.03. The van der Waals surface area contributed by atoms with Gasteiger partial charge in [-0.2, -0.15) is 11.1 Å². The maximum absolute atomic E-state index is 6.26. The summed E-state index contributed by atoms with van der Waals surface area (Å²) in [5.41, 5.74) is 3.29. The smallest absolute Gasteiger partial charge is 0.157 e. The number of unbranched alkanes of at least 4 members (excludes halogenated alkanes) is 1. The maximum Gasteiger partial charge on any atom is 0.226 e. The summed E-state index contributed by atoms with van der Waals surface area (Å²) in [6.07, 6.45) is 3.61. The van der Waals surface area contributed by atoms with Crippen LogP contribution < -0.4 is 5.19 Å². The molecule has 0 N–H and O–H groups in total. The van der Waals surface area contributed by atoms with Crippen LogP contribution in [0.2, 0.25) is 0 Å². The summed E-state index contributed by atoms with van der Waals surface area (Å²) in [5.74, 6) is 0. The van der Waals surface area contributed by atoms with E-state index in [1.54, 1.807) is 0 Å². The molecule has 0 aliphatic rings. The molecule has 0 saturated carbocycles. The molecule has 0 nitrogen and oxygen atoms in total. The van der Waals surface area contributed by atoms with E-state index in [2.05, 4.69) is 37.8 Å². The molecule has 1 rings (SSSR count). The quantitative estimate of drug-likeness (QED) is 0.531. The average molecular weight is 224 g/mol. The Balaban J connectivity index is 2.85. The summed E-state index contributed by atoms with van der Waals surface area (Å²) < 4.78 is 0. The van der Waals surface area contributed by atoms with Gasteiger partial charge in [0.1, 0.15) is 0 Å². The molecule has 0 heterocycles. The van der Waals surface area contributed by atoms with Crippen LogP contribution in [0.5, 0.6) is 0 Å². The molecule has 2 heteroatoms. The summed E-state index contributed by atoms with van der Waals surface area (Å²) in [6.45, 7) is 5.98. The summed E-state index contributed by atoms with van der Waals surface area (Å²) in [4.78, 5) is 0. The van der Waals surface area contributed by atoms with Crippen molar-refractivity contribution < 1.29 is 0 Å². The predicted octanol–water partition coefficient (Wildman–Crippen LogP) is 3.19. The fourth-order valence-corrected chi connectivity index (χ4v) is 2.99. The molecule has 0 aliphatic heterocycles. The second-order valence-corrected chi connectivity index (χ2v) is 6.18. The van der Waals surface area contributed by atoms with Crippen molar-refractivity contribution in [3.05, 3.63) is 42.1 Å².